The summed E-state index contributed by atoms with van der Waals surface area (Å²) in [6.07, 6.45) is 4.73. The van der Waals surface area contributed by atoms with Gasteiger partial charge in [0.25, 0.3) is 0 Å². The molecule has 2 nitrogen and oxygen atoms in total. The maximum absolute atomic E-state index is 11.2. The van der Waals surface area contributed by atoms with E-state index in [0.717, 1.165) is 18.4 Å². The van der Waals surface area contributed by atoms with Crippen molar-refractivity contribution in [2.45, 2.75) is 39.0 Å². The molecule has 0 amide bonds. The van der Waals surface area contributed by atoms with Gasteiger partial charge in [-0.2, -0.15) is 4.58 Å². The van der Waals surface area contributed by atoms with Crippen LogP contribution in [0.3, 0.4) is 0 Å². The van der Waals surface area contributed by atoms with E-state index in [0.29, 0.717) is 0 Å². The highest BCUT2D eigenvalue weighted by Gasteiger charge is 2.35. The Balaban J connectivity index is 2.29. The van der Waals surface area contributed by atoms with Crippen molar-refractivity contribution in [2.75, 3.05) is 6.54 Å². The van der Waals surface area contributed by atoms with Gasteiger partial charge in [-0.15, -0.1) is 0 Å². The molecule has 0 saturated heterocycles. The number of carbonyl (C=O) groups is 1. The fraction of sp³-hybridized carbons (Fsp3) is 0.467. The molecule has 1 aromatic carbocycles. The van der Waals surface area contributed by atoms with Crippen LogP contribution >= 0.6 is 0 Å². The standard InChI is InChI=1S/C15H20NO/c1-3-4-7-10-16-12(2)14(11-17)13-8-5-6-9-15(13)16/h5-6,8-9,11,14H,3-4,7,10H2,1-2H3/q+1. The molecule has 0 N–H and O–H groups in total. The summed E-state index contributed by atoms with van der Waals surface area (Å²) in [5, 5.41) is 0. The minimum absolute atomic E-state index is 0.0344. The third-order valence-electron chi connectivity index (χ3n) is 3.56. The van der Waals surface area contributed by atoms with E-state index in [1.54, 1.807) is 0 Å². The first-order valence-electron chi connectivity index (χ1n) is 6.44. The van der Waals surface area contributed by atoms with Crippen molar-refractivity contribution in [2.24, 2.45) is 0 Å². The van der Waals surface area contributed by atoms with Gasteiger partial charge in [-0.1, -0.05) is 31.5 Å². The van der Waals surface area contributed by atoms with Crippen molar-refractivity contribution in [1.29, 1.82) is 0 Å². The van der Waals surface area contributed by atoms with E-state index in [1.165, 1.54) is 30.7 Å². The van der Waals surface area contributed by atoms with Crippen LogP contribution in [0.1, 0.15) is 44.6 Å². The molecule has 1 heterocycles. The topological polar surface area (TPSA) is 20.1 Å². The second-order valence-corrected chi connectivity index (χ2v) is 4.67. The zero-order chi connectivity index (χ0) is 12.3. The molecule has 1 aliphatic rings. The van der Waals surface area contributed by atoms with E-state index >= 15 is 0 Å². The van der Waals surface area contributed by atoms with Crippen LogP contribution in [-0.2, 0) is 4.79 Å². The van der Waals surface area contributed by atoms with Gasteiger partial charge in [-0.3, -0.25) is 0 Å². The lowest BCUT2D eigenvalue weighted by molar-refractivity contribution is -0.439. The Morgan fingerprint density at radius 1 is 1.29 bits per heavy atom. The predicted octanol–water partition coefficient (Wildman–Crippen LogP) is 3.28. The summed E-state index contributed by atoms with van der Waals surface area (Å²) in [4.78, 5) is 11.2. The lowest BCUT2D eigenvalue weighted by Crippen LogP contribution is -2.15. The first kappa shape index (κ1) is 12.0. The zero-order valence-corrected chi connectivity index (χ0v) is 10.6. The number of aldehydes is 1. The number of nitrogens with zero attached hydrogens (tertiary/aromatic N) is 1. The molecule has 90 valence electrons. The van der Waals surface area contributed by atoms with Crippen molar-refractivity contribution in [3.63, 3.8) is 0 Å². The highest BCUT2D eigenvalue weighted by molar-refractivity contribution is 6.01. The number of hydrogen-bond donors (Lipinski definition) is 0. The fourth-order valence-electron chi connectivity index (χ4n) is 2.57. The first-order chi connectivity index (χ1) is 8.29. The molecule has 17 heavy (non-hydrogen) atoms. The van der Waals surface area contributed by atoms with Crippen molar-refractivity contribution < 1.29 is 9.37 Å². The molecule has 1 aromatic rings. The number of hydrogen-bond acceptors (Lipinski definition) is 1. The maximum atomic E-state index is 11.2. The van der Waals surface area contributed by atoms with Crippen LogP contribution in [-0.4, -0.2) is 23.1 Å². The molecule has 0 saturated carbocycles. The SMILES string of the molecule is CCCCC[N+]1=C(C)C(C=O)c2ccccc21. The quantitative estimate of drug-likeness (QED) is 0.432. The number of benzene rings is 1. The Morgan fingerprint density at radius 2 is 2.06 bits per heavy atom. The van der Waals surface area contributed by atoms with Crippen molar-refractivity contribution in [3.05, 3.63) is 29.8 Å². The summed E-state index contributed by atoms with van der Waals surface area (Å²) >= 11 is 0. The molecular formula is C15H20NO+. The van der Waals surface area contributed by atoms with Gasteiger partial charge < -0.3 is 4.79 Å². The van der Waals surface area contributed by atoms with Gasteiger partial charge in [0.15, 0.2) is 5.71 Å². The summed E-state index contributed by atoms with van der Waals surface area (Å²) in [5.74, 6) is -0.0344. The van der Waals surface area contributed by atoms with E-state index in [4.69, 9.17) is 0 Å². The molecule has 2 rings (SSSR count). The molecule has 0 fully saturated rings. The Morgan fingerprint density at radius 3 is 2.76 bits per heavy atom. The van der Waals surface area contributed by atoms with E-state index in [2.05, 4.69) is 30.6 Å². The molecule has 1 atom stereocenters. The Hall–Kier alpha value is -1.44. The number of unbranched alkanes of at least 4 members (excludes halogenated alkanes) is 2. The van der Waals surface area contributed by atoms with Crippen molar-refractivity contribution in [1.82, 2.24) is 0 Å². The number of rotatable bonds is 5. The van der Waals surface area contributed by atoms with E-state index in [1.807, 2.05) is 12.1 Å². The average molecular weight is 230 g/mol. The molecule has 0 radical (unpaired) electrons. The zero-order valence-electron chi connectivity index (χ0n) is 10.6. The summed E-state index contributed by atoms with van der Waals surface area (Å²) in [5.41, 5.74) is 3.56. The summed E-state index contributed by atoms with van der Waals surface area (Å²) < 4.78 is 2.31. The summed E-state index contributed by atoms with van der Waals surface area (Å²) in [6.45, 7) is 5.31. The molecule has 0 bridgehead atoms. The molecule has 0 aliphatic carbocycles. The second-order valence-electron chi connectivity index (χ2n) is 4.67. The minimum atomic E-state index is -0.0344. The highest BCUT2D eigenvalue weighted by Crippen LogP contribution is 2.33. The Labute approximate surface area is 103 Å². The third-order valence-corrected chi connectivity index (χ3v) is 3.56. The number of para-hydroxylation sites is 1. The lowest BCUT2D eigenvalue weighted by Gasteiger charge is -2.00. The van der Waals surface area contributed by atoms with E-state index in [9.17, 15) is 4.79 Å². The van der Waals surface area contributed by atoms with Crippen LogP contribution in [0.15, 0.2) is 24.3 Å². The molecule has 0 aromatic heterocycles. The van der Waals surface area contributed by atoms with Gasteiger partial charge in [0.05, 0.1) is 0 Å². The van der Waals surface area contributed by atoms with Crippen LogP contribution in [0.4, 0.5) is 5.69 Å². The second kappa shape index (κ2) is 5.26. The van der Waals surface area contributed by atoms with E-state index in [-0.39, 0.29) is 5.92 Å². The van der Waals surface area contributed by atoms with E-state index < -0.39 is 0 Å². The normalized spacial score (nSPS) is 18.4. The number of carbonyl (C=O) groups excluding carboxylic acids is 1. The van der Waals surface area contributed by atoms with Crippen LogP contribution in [0, 0.1) is 0 Å². The third kappa shape index (κ3) is 2.17. The van der Waals surface area contributed by atoms with Gasteiger partial charge in [0.1, 0.15) is 18.7 Å². The maximum Gasteiger partial charge on any atom is 0.209 e. The van der Waals surface area contributed by atoms with Crippen LogP contribution < -0.4 is 0 Å². The van der Waals surface area contributed by atoms with Gasteiger partial charge in [-0.25, -0.2) is 0 Å². The molecule has 2 heteroatoms. The summed E-state index contributed by atoms with van der Waals surface area (Å²) in [7, 11) is 0. The predicted molar refractivity (Wildman–Crippen MR) is 70.2 cm³/mol. The summed E-state index contributed by atoms with van der Waals surface area (Å²) in [6, 6.07) is 8.25. The largest absolute Gasteiger partial charge is 0.302 e. The highest BCUT2D eigenvalue weighted by atomic mass is 16.1. The van der Waals surface area contributed by atoms with Crippen LogP contribution in [0.2, 0.25) is 0 Å². The van der Waals surface area contributed by atoms with Gasteiger partial charge in [0.2, 0.25) is 5.69 Å². The fourth-order valence-corrected chi connectivity index (χ4v) is 2.57. The van der Waals surface area contributed by atoms with Crippen molar-refractivity contribution in [3.8, 4) is 0 Å². The Bertz CT molecular complexity index is 448. The monoisotopic (exact) mass is 230 g/mol. The smallest absolute Gasteiger partial charge is 0.209 e. The van der Waals surface area contributed by atoms with Crippen LogP contribution in [0.5, 0.6) is 0 Å². The minimum Gasteiger partial charge on any atom is -0.302 e. The lowest BCUT2D eigenvalue weighted by atomic mass is 9.98. The van der Waals surface area contributed by atoms with Crippen LogP contribution in [0.25, 0.3) is 0 Å². The van der Waals surface area contributed by atoms with Gasteiger partial charge in [-0.05, 0) is 6.42 Å². The average Bonchev–Trinajstić information content (AvgIpc) is 2.62. The molecule has 1 aliphatic heterocycles. The van der Waals surface area contributed by atoms with Gasteiger partial charge in [0, 0.05) is 25.0 Å². The first-order valence-corrected chi connectivity index (χ1v) is 6.44. The number of fused-ring (bicyclic) bond motifs is 1. The Kier molecular flexibility index (Phi) is 3.72. The molecule has 0 spiro atoms. The molecule has 1 unspecified atom stereocenters. The van der Waals surface area contributed by atoms with Gasteiger partial charge >= 0.3 is 0 Å². The van der Waals surface area contributed by atoms with Crippen molar-refractivity contribution >= 4 is 17.7 Å². The molecular weight excluding hydrogens is 210 g/mol.